The number of aryl methyl sites for hydroxylation is 1. The van der Waals surface area contributed by atoms with E-state index < -0.39 is 0 Å². The standard InChI is InChI=1S/C21H23ClN6O3/c1-14-9-18(28-21(25-14)23-13-24-28)26-3-5-27(6-4-26)19(29)12-15-10-16(22)20-17(11-15)30-7-2-8-31-20/h9-11,13H,2-8,12H2,1H3. The van der Waals surface area contributed by atoms with Crippen molar-refractivity contribution in [3.63, 3.8) is 0 Å². The zero-order valence-corrected chi connectivity index (χ0v) is 18.0. The van der Waals surface area contributed by atoms with Gasteiger partial charge in [-0.25, -0.2) is 4.98 Å². The Bertz CT molecular complexity index is 1130. The summed E-state index contributed by atoms with van der Waals surface area (Å²) in [5.74, 6) is 2.78. The van der Waals surface area contributed by atoms with Crippen molar-refractivity contribution >= 4 is 29.1 Å². The van der Waals surface area contributed by atoms with Crippen LogP contribution in [0.25, 0.3) is 5.78 Å². The number of benzene rings is 1. The third kappa shape index (κ3) is 3.97. The fraction of sp³-hybridized carbons (Fsp3) is 0.429. The van der Waals surface area contributed by atoms with Crippen molar-refractivity contribution in [1.29, 1.82) is 0 Å². The first-order valence-electron chi connectivity index (χ1n) is 10.4. The number of amides is 1. The molecule has 0 unspecified atom stereocenters. The molecule has 0 bridgehead atoms. The normalized spacial score (nSPS) is 16.5. The molecule has 4 heterocycles. The fourth-order valence-corrected chi connectivity index (χ4v) is 4.28. The molecule has 2 aromatic heterocycles. The van der Waals surface area contributed by atoms with E-state index in [1.54, 1.807) is 10.6 Å². The molecule has 1 aromatic carbocycles. The molecule has 1 fully saturated rings. The Labute approximate surface area is 184 Å². The molecule has 0 N–H and O–H groups in total. The molecule has 1 saturated heterocycles. The summed E-state index contributed by atoms with van der Waals surface area (Å²) in [6, 6.07) is 5.66. The second-order valence-electron chi connectivity index (χ2n) is 7.73. The van der Waals surface area contributed by atoms with Gasteiger partial charge in [0.05, 0.1) is 24.7 Å². The second-order valence-corrected chi connectivity index (χ2v) is 8.13. The van der Waals surface area contributed by atoms with Gasteiger partial charge in [0.2, 0.25) is 5.91 Å². The predicted octanol–water partition coefficient (Wildman–Crippen LogP) is 2.14. The van der Waals surface area contributed by atoms with Crippen LogP contribution in [0, 0.1) is 6.92 Å². The molecule has 31 heavy (non-hydrogen) atoms. The first-order chi connectivity index (χ1) is 15.1. The molecule has 5 rings (SSSR count). The van der Waals surface area contributed by atoms with Crippen LogP contribution in [-0.2, 0) is 11.2 Å². The Morgan fingerprint density at radius 2 is 1.94 bits per heavy atom. The summed E-state index contributed by atoms with van der Waals surface area (Å²) in [6.07, 6.45) is 2.59. The van der Waals surface area contributed by atoms with Crippen LogP contribution in [0.3, 0.4) is 0 Å². The number of ether oxygens (including phenoxy) is 2. The Morgan fingerprint density at radius 3 is 2.77 bits per heavy atom. The van der Waals surface area contributed by atoms with Crippen LogP contribution in [0.4, 0.5) is 5.82 Å². The molecule has 0 saturated carbocycles. The van der Waals surface area contributed by atoms with Gasteiger partial charge in [0.25, 0.3) is 5.78 Å². The first-order valence-corrected chi connectivity index (χ1v) is 10.7. The Balaban J connectivity index is 1.26. The van der Waals surface area contributed by atoms with Crippen molar-refractivity contribution < 1.29 is 14.3 Å². The molecule has 2 aliphatic rings. The van der Waals surface area contributed by atoms with E-state index in [9.17, 15) is 4.79 Å². The van der Waals surface area contributed by atoms with Gasteiger partial charge >= 0.3 is 0 Å². The Morgan fingerprint density at radius 1 is 1.13 bits per heavy atom. The SMILES string of the molecule is Cc1cc(N2CCN(C(=O)Cc3cc(Cl)c4c(c3)OCCCO4)CC2)n2ncnc2n1. The summed E-state index contributed by atoms with van der Waals surface area (Å²) in [6.45, 7) is 5.79. The minimum atomic E-state index is 0.0713. The molecule has 0 atom stereocenters. The highest BCUT2D eigenvalue weighted by molar-refractivity contribution is 6.32. The quantitative estimate of drug-likeness (QED) is 0.614. The van der Waals surface area contributed by atoms with Crippen LogP contribution >= 0.6 is 11.6 Å². The number of carbonyl (C=O) groups is 1. The highest BCUT2D eigenvalue weighted by atomic mass is 35.5. The van der Waals surface area contributed by atoms with Crippen LogP contribution in [0.2, 0.25) is 5.02 Å². The van der Waals surface area contributed by atoms with Crippen LogP contribution in [-0.4, -0.2) is 69.8 Å². The van der Waals surface area contributed by atoms with E-state index in [1.807, 2.05) is 24.0 Å². The maximum atomic E-state index is 12.9. The van der Waals surface area contributed by atoms with Crippen molar-refractivity contribution in [2.45, 2.75) is 19.8 Å². The lowest BCUT2D eigenvalue weighted by atomic mass is 10.1. The number of hydrogen-bond acceptors (Lipinski definition) is 7. The largest absolute Gasteiger partial charge is 0.489 e. The number of halogens is 1. The van der Waals surface area contributed by atoms with Crippen molar-refractivity contribution in [1.82, 2.24) is 24.5 Å². The number of piperazine rings is 1. The maximum Gasteiger partial charge on any atom is 0.254 e. The van der Waals surface area contributed by atoms with Gasteiger partial charge in [-0.1, -0.05) is 11.6 Å². The lowest BCUT2D eigenvalue weighted by Crippen LogP contribution is -2.49. The molecule has 3 aromatic rings. The van der Waals surface area contributed by atoms with Crippen LogP contribution in [0.15, 0.2) is 24.5 Å². The van der Waals surface area contributed by atoms with E-state index in [0.29, 0.717) is 61.7 Å². The van der Waals surface area contributed by atoms with Crippen molar-refractivity contribution in [2.75, 3.05) is 44.3 Å². The Kier molecular flexibility index (Phi) is 5.27. The van der Waals surface area contributed by atoms with Gasteiger partial charge < -0.3 is 19.3 Å². The topological polar surface area (TPSA) is 85.1 Å². The summed E-state index contributed by atoms with van der Waals surface area (Å²) >= 11 is 6.37. The van der Waals surface area contributed by atoms with E-state index in [2.05, 4.69) is 20.0 Å². The highest BCUT2D eigenvalue weighted by Crippen LogP contribution is 2.38. The van der Waals surface area contributed by atoms with Crippen molar-refractivity contribution in [2.24, 2.45) is 0 Å². The van der Waals surface area contributed by atoms with E-state index >= 15 is 0 Å². The first kappa shape index (κ1) is 19.9. The number of carbonyl (C=O) groups excluding carboxylic acids is 1. The van der Waals surface area contributed by atoms with Crippen LogP contribution in [0.5, 0.6) is 11.5 Å². The van der Waals surface area contributed by atoms with Crippen molar-refractivity contribution in [3.05, 3.63) is 40.8 Å². The average molecular weight is 443 g/mol. The molecule has 9 nitrogen and oxygen atoms in total. The van der Waals surface area contributed by atoms with E-state index in [-0.39, 0.29) is 12.3 Å². The third-order valence-electron chi connectivity index (χ3n) is 5.53. The summed E-state index contributed by atoms with van der Waals surface area (Å²) in [5, 5.41) is 4.76. The average Bonchev–Trinajstić information content (AvgIpc) is 3.09. The summed E-state index contributed by atoms with van der Waals surface area (Å²) in [7, 11) is 0. The number of rotatable bonds is 3. The van der Waals surface area contributed by atoms with E-state index in [1.165, 1.54) is 6.33 Å². The highest BCUT2D eigenvalue weighted by Gasteiger charge is 2.24. The maximum absolute atomic E-state index is 12.9. The minimum Gasteiger partial charge on any atom is -0.489 e. The minimum absolute atomic E-state index is 0.0713. The molecule has 10 heteroatoms. The monoisotopic (exact) mass is 442 g/mol. The predicted molar refractivity (Wildman–Crippen MR) is 115 cm³/mol. The second kappa shape index (κ2) is 8.22. The molecule has 2 aliphatic heterocycles. The molecule has 0 aliphatic carbocycles. The number of anilines is 1. The van der Waals surface area contributed by atoms with Crippen molar-refractivity contribution in [3.8, 4) is 11.5 Å². The lowest BCUT2D eigenvalue weighted by Gasteiger charge is -2.36. The third-order valence-corrected chi connectivity index (χ3v) is 5.82. The molecule has 1 amide bonds. The van der Waals surface area contributed by atoms with Gasteiger partial charge in [-0.05, 0) is 24.6 Å². The number of hydrogen-bond donors (Lipinski definition) is 0. The number of fused-ring (bicyclic) bond motifs is 2. The van der Waals surface area contributed by atoms with Crippen LogP contribution in [0.1, 0.15) is 17.7 Å². The Hall–Kier alpha value is -3.07. The molecular formula is C21H23ClN6O3. The summed E-state index contributed by atoms with van der Waals surface area (Å²) < 4.78 is 13.1. The molecule has 162 valence electrons. The smallest absolute Gasteiger partial charge is 0.254 e. The fourth-order valence-electron chi connectivity index (χ4n) is 3.99. The van der Waals surface area contributed by atoms with Gasteiger partial charge in [-0.15, -0.1) is 0 Å². The zero-order chi connectivity index (χ0) is 21.4. The summed E-state index contributed by atoms with van der Waals surface area (Å²) in [5.41, 5.74) is 1.72. The molecular weight excluding hydrogens is 420 g/mol. The summed E-state index contributed by atoms with van der Waals surface area (Å²) in [4.78, 5) is 25.6. The van der Waals surface area contributed by atoms with Gasteiger partial charge in [-0.3, -0.25) is 4.79 Å². The van der Waals surface area contributed by atoms with Gasteiger partial charge in [-0.2, -0.15) is 14.6 Å². The number of aromatic nitrogens is 4. The molecule has 0 radical (unpaired) electrons. The molecule has 0 spiro atoms. The lowest BCUT2D eigenvalue weighted by molar-refractivity contribution is -0.130. The number of nitrogens with zero attached hydrogens (tertiary/aromatic N) is 6. The zero-order valence-electron chi connectivity index (χ0n) is 17.3. The van der Waals surface area contributed by atoms with E-state index in [4.69, 9.17) is 21.1 Å². The van der Waals surface area contributed by atoms with Gasteiger partial charge in [0, 0.05) is 44.4 Å². The van der Waals surface area contributed by atoms with E-state index in [0.717, 1.165) is 23.5 Å². The van der Waals surface area contributed by atoms with Crippen LogP contribution < -0.4 is 14.4 Å². The van der Waals surface area contributed by atoms with Gasteiger partial charge in [0.1, 0.15) is 12.1 Å². The van der Waals surface area contributed by atoms with Gasteiger partial charge in [0.15, 0.2) is 11.5 Å².